The topological polar surface area (TPSA) is 52.6 Å². The van der Waals surface area contributed by atoms with E-state index >= 15 is 0 Å². The van der Waals surface area contributed by atoms with E-state index in [-0.39, 0.29) is 5.78 Å². The van der Waals surface area contributed by atoms with Crippen LogP contribution in [0.1, 0.15) is 30.1 Å². The van der Waals surface area contributed by atoms with Crippen LogP contribution in [0.2, 0.25) is 0 Å². The molecule has 0 aliphatic heterocycles. The van der Waals surface area contributed by atoms with Crippen LogP contribution >= 0.6 is 21.6 Å². The average molecular weight is 328 g/mol. The molecule has 0 heterocycles. The summed E-state index contributed by atoms with van der Waals surface area (Å²) in [6, 6.07) is 6.86. The summed E-state index contributed by atoms with van der Waals surface area (Å²) in [4.78, 5) is 23.2. The SMILES string of the molecule is COCCSSCCCC(=O)c1ccccc1OC(C)=O. The minimum absolute atomic E-state index is 0.00865. The van der Waals surface area contributed by atoms with Gasteiger partial charge in [0.1, 0.15) is 5.75 Å². The summed E-state index contributed by atoms with van der Waals surface area (Å²) >= 11 is 0. The highest BCUT2D eigenvalue weighted by atomic mass is 33.1. The van der Waals surface area contributed by atoms with E-state index in [1.54, 1.807) is 53.0 Å². The first-order valence-electron chi connectivity index (χ1n) is 6.69. The number of Topliss-reactive ketones (excluding diaryl/α,β-unsaturated/α-hetero) is 1. The Morgan fingerprint density at radius 3 is 2.57 bits per heavy atom. The lowest BCUT2D eigenvalue weighted by atomic mass is 10.1. The van der Waals surface area contributed by atoms with Gasteiger partial charge in [-0.1, -0.05) is 33.7 Å². The standard InChI is InChI=1S/C15H20O4S2/c1-12(16)19-15-8-4-3-6-13(15)14(17)7-5-10-20-21-11-9-18-2/h3-4,6,8H,5,7,9-11H2,1-2H3. The van der Waals surface area contributed by atoms with Crippen molar-refractivity contribution in [3.8, 4) is 5.75 Å². The highest BCUT2D eigenvalue weighted by molar-refractivity contribution is 8.76. The fraction of sp³-hybridized carbons (Fsp3) is 0.467. The molecule has 0 N–H and O–H groups in total. The quantitative estimate of drug-likeness (QED) is 0.215. The summed E-state index contributed by atoms with van der Waals surface area (Å²) in [5.41, 5.74) is 0.477. The average Bonchev–Trinajstić information content (AvgIpc) is 2.46. The Bertz CT molecular complexity index is 463. The molecular formula is C15H20O4S2. The van der Waals surface area contributed by atoms with Gasteiger partial charge in [-0.05, 0) is 18.6 Å². The van der Waals surface area contributed by atoms with Gasteiger partial charge in [0.2, 0.25) is 0 Å². The lowest BCUT2D eigenvalue weighted by Gasteiger charge is -2.07. The third kappa shape index (κ3) is 7.55. The maximum atomic E-state index is 12.2. The number of hydrogen-bond acceptors (Lipinski definition) is 6. The van der Waals surface area contributed by atoms with E-state index in [9.17, 15) is 9.59 Å². The van der Waals surface area contributed by atoms with Crippen molar-refractivity contribution in [2.75, 3.05) is 25.2 Å². The first kappa shape index (κ1) is 18.1. The second-order valence-corrected chi connectivity index (χ2v) is 6.96. The zero-order chi connectivity index (χ0) is 15.5. The number of para-hydroxylation sites is 1. The number of esters is 1. The van der Waals surface area contributed by atoms with E-state index in [0.717, 1.165) is 24.5 Å². The third-order valence-electron chi connectivity index (χ3n) is 2.53. The van der Waals surface area contributed by atoms with E-state index < -0.39 is 5.97 Å². The van der Waals surface area contributed by atoms with Crippen LogP contribution in [0.4, 0.5) is 0 Å². The van der Waals surface area contributed by atoms with E-state index in [1.807, 2.05) is 0 Å². The van der Waals surface area contributed by atoms with E-state index in [0.29, 0.717) is 17.7 Å². The Kier molecular flexibility index (Phi) is 9.21. The first-order chi connectivity index (χ1) is 10.1. The number of carbonyl (C=O) groups is 2. The molecular weight excluding hydrogens is 308 g/mol. The third-order valence-corrected chi connectivity index (χ3v) is 4.98. The molecule has 0 atom stereocenters. The predicted molar refractivity (Wildman–Crippen MR) is 88.1 cm³/mol. The summed E-state index contributed by atoms with van der Waals surface area (Å²) in [6.07, 6.45) is 1.26. The van der Waals surface area contributed by atoms with Crippen molar-refractivity contribution in [3.05, 3.63) is 29.8 Å². The van der Waals surface area contributed by atoms with E-state index in [2.05, 4.69) is 0 Å². The molecule has 1 aromatic rings. The first-order valence-corrected chi connectivity index (χ1v) is 9.18. The molecule has 0 aromatic heterocycles. The van der Waals surface area contributed by atoms with Crippen LogP contribution in [-0.2, 0) is 9.53 Å². The molecule has 1 rings (SSSR count). The normalized spacial score (nSPS) is 10.4. The van der Waals surface area contributed by atoms with Crippen molar-refractivity contribution in [3.63, 3.8) is 0 Å². The Morgan fingerprint density at radius 1 is 1.14 bits per heavy atom. The number of ketones is 1. The molecule has 0 bridgehead atoms. The molecule has 0 spiro atoms. The van der Waals surface area contributed by atoms with Crippen molar-refractivity contribution in [1.29, 1.82) is 0 Å². The van der Waals surface area contributed by atoms with Crippen molar-refractivity contribution < 1.29 is 19.1 Å². The molecule has 116 valence electrons. The molecule has 0 amide bonds. The predicted octanol–water partition coefficient (Wildman–Crippen LogP) is 3.60. The van der Waals surface area contributed by atoms with Gasteiger partial charge in [-0.2, -0.15) is 0 Å². The number of rotatable bonds is 10. The zero-order valence-electron chi connectivity index (χ0n) is 12.3. The molecule has 1 aromatic carbocycles. The molecule has 6 heteroatoms. The minimum atomic E-state index is -0.416. The molecule has 0 unspecified atom stereocenters. The van der Waals surface area contributed by atoms with Gasteiger partial charge in [0.15, 0.2) is 5.78 Å². The molecule has 0 aliphatic rings. The summed E-state index contributed by atoms with van der Waals surface area (Å²) in [5.74, 6) is 1.80. The van der Waals surface area contributed by atoms with E-state index in [1.165, 1.54) is 6.92 Å². The number of hydrogen-bond donors (Lipinski definition) is 0. The monoisotopic (exact) mass is 328 g/mol. The van der Waals surface area contributed by atoms with Crippen LogP contribution in [0.15, 0.2) is 24.3 Å². The van der Waals surface area contributed by atoms with Gasteiger partial charge in [0.05, 0.1) is 12.2 Å². The lowest BCUT2D eigenvalue weighted by Crippen LogP contribution is -2.07. The fourth-order valence-corrected chi connectivity index (χ4v) is 3.60. The second kappa shape index (κ2) is 10.7. The van der Waals surface area contributed by atoms with Gasteiger partial charge in [-0.25, -0.2) is 0 Å². The smallest absolute Gasteiger partial charge is 0.308 e. The number of carbonyl (C=O) groups excluding carboxylic acids is 2. The van der Waals surface area contributed by atoms with Gasteiger partial charge in [-0.3, -0.25) is 9.59 Å². The Labute approximate surface area is 133 Å². The van der Waals surface area contributed by atoms with Gasteiger partial charge in [0.25, 0.3) is 0 Å². The zero-order valence-corrected chi connectivity index (χ0v) is 13.9. The molecule has 0 fully saturated rings. The van der Waals surface area contributed by atoms with Crippen LogP contribution in [-0.4, -0.2) is 37.0 Å². The Balaban J connectivity index is 2.36. The highest BCUT2D eigenvalue weighted by Crippen LogP contribution is 2.24. The molecule has 0 saturated carbocycles. The number of benzene rings is 1. The molecule has 4 nitrogen and oxygen atoms in total. The lowest BCUT2D eigenvalue weighted by molar-refractivity contribution is -0.131. The van der Waals surface area contributed by atoms with Crippen LogP contribution < -0.4 is 4.74 Å². The van der Waals surface area contributed by atoms with Crippen LogP contribution in [0, 0.1) is 0 Å². The largest absolute Gasteiger partial charge is 0.426 e. The van der Waals surface area contributed by atoms with Gasteiger partial charge >= 0.3 is 5.97 Å². The van der Waals surface area contributed by atoms with Gasteiger partial charge in [0, 0.05) is 32.0 Å². The maximum Gasteiger partial charge on any atom is 0.308 e. The van der Waals surface area contributed by atoms with Crippen molar-refractivity contribution in [2.45, 2.75) is 19.8 Å². The van der Waals surface area contributed by atoms with Crippen molar-refractivity contribution in [2.24, 2.45) is 0 Å². The minimum Gasteiger partial charge on any atom is -0.426 e. The fourth-order valence-electron chi connectivity index (χ4n) is 1.60. The van der Waals surface area contributed by atoms with Crippen molar-refractivity contribution >= 4 is 33.3 Å². The Morgan fingerprint density at radius 2 is 1.86 bits per heavy atom. The maximum absolute atomic E-state index is 12.2. The second-order valence-electron chi connectivity index (χ2n) is 4.25. The summed E-state index contributed by atoms with van der Waals surface area (Å²) in [5, 5.41) is 0. The Hall–Kier alpha value is -0.980. The summed E-state index contributed by atoms with van der Waals surface area (Å²) in [6.45, 7) is 2.07. The molecule has 0 aliphatic carbocycles. The number of ether oxygens (including phenoxy) is 2. The molecule has 21 heavy (non-hydrogen) atoms. The summed E-state index contributed by atoms with van der Waals surface area (Å²) < 4.78 is 10.0. The molecule has 0 saturated heterocycles. The van der Waals surface area contributed by atoms with Gasteiger partial charge in [-0.15, -0.1) is 0 Å². The summed E-state index contributed by atoms with van der Waals surface area (Å²) in [7, 11) is 5.18. The van der Waals surface area contributed by atoms with Crippen LogP contribution in [0.5, 0.6) is 5.75 Å². The van der Waals surface area contributed by atoms with Crippen molar-refractivity contribution in [1.82, 2.24) is 0 Å². The number of methoxy groups -OCH3 is 1. The highest BCUT2D eigenvalue weighted by Gasteiger charge is 2.13. The van der Waals surface area contributed by atoms with Crippen LogP contribution in [0.25, 0.3) is 0 Å². The van der Waals surface area contributed by atoms with E-state index in [4.69, 9.17) is 9.47 Å². The van der Waals surface area contributed by atoms with Crippen LogP contribution in [0.3, 0.4) is 0 Å². The van der Waals surface area contributed by atoms with Gasteiger partial charge < -0.3 is 9.47 Å². The molecule has 0 radical (unpaired) electrons.